The number of benzene rings is 1. The van der Waals surface area contributed by atoms with Gasteiger partial charge < -0.3 is 5.11 Å². The Morgan fingerprint density at radius 2 is 1.83 bits per heavy atom. The first-order valence-corrected chi connectivity index (χ1v) is 7.78. The Balaban J connectivity index is 2.48. The Kier molecular flexibility index (Phi) is 7.05. The molecule has 0 amide bonds. The number of ketones is 1. The number of carbonyl (C=O) groups excluding carboxylic acids is 1. The van der Waals surface area contributed by atoms with Crippen LogP contribution in [0, 0.1) is 0 Å². The van der Waals surface area contributed by atoms with E-state index < -0.39 is 5.97 Å². The van der Waals surface area contributed by atoms with E-state index in [4.69, 9.17) is 5.11 Å². The molecule has 1 aromatic carbocycles. The lowest BCUT2D eigenvalue weighted by atomic mass is 10.1. The fourth-order valence-corrected chi connectivity index (χ4v) is 2.85. The molecule has 5 heteroatoms. The molecule has 0 atom stereocenters. The molecule has 98 valence electrons. The first kappa shape index (κ1) is 15.2. The van der Waals surface area contributed by atoms with Crippen molar-refractivity contribution in [2.45, 2.75) is 24.2 Å². The number of hydrogen-bond donors (Lipinski definition) is 1. The molecule has 0 aliphatic rings. The monoisotopic (exact) mass is 330 g/mol. The molecule has 3 nitrogen and oxygen atoms in total. The van der Waals surface area contributed by atoms with Crippen LogP contribution in [-0.4, -0.2) is 27.9 Å². The van der Waals surface area contributed by atoms with Gasteiger partial charge in [0.25, 0.3) is 0 Å². The maximum atomic E-state index is 11.6. The Labute approximate surface area is 119 Å². The molecule has 1 rings (SSSR count). The highest BCUT2D eigenvalue weighted by atomic mass is 79.9. The number of Topliss-reactive ketones (excluding diaryl/α,β-unsaturated/α-hetero) is 1. The number of rotatable bonds is 8. The van der Waals surface area contributed by atoms with E-state index in [1.54, 1.807) is 23.9 Å². The zero-order valence-corrected chi connectivity index (χ0v) is 12.3. The van der Waals surface area contributed by atoms with Gasteiger partial charge in [-0.3, -0.25) is 9.59 Å². The molecule has 0 aliphatic carbocycles. The summed E-state index contributed by atoms with van der Waals surface area (Å²) in [5.74, 6) is -0.0166. The maximum absolute atomic E-state index is 11.6. The molecule has 0 spiro atoms. The predicted octanol–water partition coefficient (Wildman–Crippen LogP) is 3.61. The highest BCUT2D eigenvalue weighted by Gasteiger charge is 2.08. The van der Waals surface area contributed by atoms with Crippen LogP contribution in [-0.2, 0) is 4.79 Å². The Morgan fingerprint density at radius 3 is 2.39 bits per heavy atom. The summed E-state index contributed by atoms with van der Waals surface area (Å²) in [7, 11) is 0. The molecule has 0 saturated carbocycles. The third-order valence-corrected chi connectivity index (χ3v) is 3.95. The number of carboxylic acids is 1. The van der Waals surface area contributed by atoms with Crippen LogP contribution in [0.25, 0.3) is 0 Å². The van der Waals surface area contributed by atoms with Gasteiger partial charge in [0, 0.05) is 22.2 Å². The van der Waals surface area contributed by atoms with Crippen molar-refractivity contribution in [1.82, 2.24) is 0 Å². The number of carbonyl (C=O) groups is 2. The summed E-state index contributed by atoms with van der Waals surface area (Å²) in [6, 6.07) is 7.35. The van der Waals surface area contributed by atoms with E-state index in [0.717, 1.165) is 22.4 Å². The molecular weight excluding hydrogens is 316 g/mol. The normalized spacial score (nSPS) is 10.3. The Morgan fingerprint density at radius 1 is 1.17 bits per heavy atom. The predicted molar refractivity (Wildman–Crippen MR) is 76.8 cm³/mol. The van der Waals surface area contributed by atoms with Crippen molar-refractivity contribution in [2.75, 3.05) is 11.1 Å². The number of thioether (sulfide) groups is 1. The van der Waals surface area contributed by atoms with Crippen molar-refractivity contribution in [3.63, 3.8) is 0 Å². The summed E-state index contributed by atoms with van der Waals surface area (Å²) in [6.45, 7) is 0. The molecule has 0 unspecified atom stereocenters. The third kappa shape index (κ3) is 5.69. The molecule has 1 aromatic rings. The van der Waals surface area contributed by atoms with Crippen LogP contribution in [0.5, 0.6) is 0 Å². The first-order valence-electron chi connectivity index (χ1n) is 5.67. The van der Waals surface area contributed by atoms with Gasteiger partial charge in [0.15, 0.2) is 5.78 Å². The summed E-state index contributed by atoms with van der Waals surface area (Å²) in [5.41, 5.74) is 0.584. The summed E-state index contributed by atoms with van der Waals surface area (Å²) in [4.78, 5) is 23.2. The minimum atomic E-state index is -0.940. The van der Waals surface area contributed by atoms with E-state index in [1.807, 2.05) is 12.1 Å². The van der Waals surface area contributed by atoms with E-state index in [-0.39, 0.29) is 18.6 Å². The molecule has 0 aromatic heterocycles. The highest BCUT2D eigenvalue weighted by Crippen LogP contribution is 2.20. The van der Waals surface area contributed by atoms with Crippen LogP contribution in [0.4, 0.5) is 0 Å². The molecule has 18 heavy (non-hydrogen) atoms. The van der Waals surface area contributed by atoms with Gasteiger partial charge in [0.2, 0.25) is 0 Å². The average molecular weight is 331 g/mol. The Bertz CT molecular complexity index is 403. The molecule has 0 saturated heterocycles. The maximum Gasteiger partial charge on any atom is 0.303 e. The molecule has 0 bridgehead atoms. The zero-order chi connectivity index (χ0) is 13.4. The minimum absolute atomic E-state index is 0.0609. The SMILES string of the molecule is O=C(O)CCC(=O)c1ccc(SCCCBr)cc1. The van der Waals surface area contributed by atoms with Crippen molar-refractivity contribution >= 4 is 39.4 Å². The molecule has 0 aliphatic heterocycles. The lowest BCUT2D eigenvalue weighted by Gasteiger charge is -2.02. The van der Waals surface area contributed by atoms with Crippen molar-refractivity contribution in [2.24, 2.45) is 0 Å². The first-order chi connectivity index (χ1) is 8.63. The van der Waals surface area contributed by atoms with Crippen molar-refractivity contribution in [1.29, 1.82) is 0 Å². The molecule has 1 N–H and O–H groups in total. The van der Waals surface area contributed by atoms with Gasteiger partial charge in [-0.2, -0.15) is 0 Å². The second-order valence-corrected chi connectivity index (χ2v) is 5.69. The van der Waals surface area contributed by atoms with E-state index in [0.29, 0.717) is 5.56 Å². The van der Waals surface area contributed by atoms with Gasteiger partial charge in [-0.25, -0.2) is 0 Å². The fraction of sp³-hybridized carbons (Fsp3) is 0.385. The fourth-order valence-electron chi connectivity index (χ4n) is 1.35. The average Bonchev–Trinajstić information content (AvgIpc) is 2.37. The van der Waals surface area contributed by atoms with Crippen molar-refractivity contribution < 1.29 is 14.7 Å². The number of hydrogen-bond acceptors (Lipinski definition) is 3. The topological polar surface area (TPSA) is 54.4 Å². The van der Waals surface area contributed by atoms with E-state index in [9.17, 15) is 9.59 Å². The van der Waals surface area contributed by atoms with Crippen molar-refractivity contribution in [3.05, 3.63) is 29.8 Å². The van der Waals surface area contributed by atoms with Crippen molar-refractivity contribution in [3.8, 4) is 0 Å². The van der Waals surface area contributed by atoms with E-state index >= 15 is 0 Å². The largest absolute Gasteiger partial charge is 0.481 e. The minimum Gasteiger partial charge on any atom is -0.481 e. The van der Waals surface area contributed by atoms with Crippen LogP contribution in [0.3, 0.4) is 0 Å². The smallest absolute Gasteiger partial charge is 0.303 e. The van der Waals surface area contributed by atoms with E-state index in [2.05, 4.69) is 15.9 Å². The number of aliphatic carboxylic acids is 1. The van der Waals surface area contributed by atoms with Gasteiger partial charge in [-0.1, -0.05) is 28.1 Å². The molecule has 0 radical (unpaired) electrons. The summed E-state index contributed by atoms with van der Waals surface area (Å²) < 4.78 is 0. The Hall–Kier alpha value is -0.810. The van der Waals surface area contributed by atoms with Gasteiger partial charge >= 0.3 is 5.97 Å². The summed E-state index contributed by atoms with van der Waals surface area (Å²) in [6.07, 6.45) is 1.05. The second-order valence-electron chi connectivity index (χ2n) is 3.73. The van der Waals surface area contributed by atoms with Crippen LogP contribution in [0.1, 0.15) is 29.6 Å². The number of carboxylic acid groups (broad SMARTS) is 1. The van der Waals surface area contributed by atoms with Crippen LogP contribution >= 0.6 is 27.7 Å². The van der Waals surface area contributed by atoms with Gasteiger partial charge in [-0.15, -0.1) is 11.8 Å². The summed E-state index contributed by atoms with van der Waals surface area (Å²) in [5, 5.41) is 9.51. The lowest BCUT2D eigenvalue weighted by molar-refractivity contribution is -0.136. The van der Waals surface area contributed by atoms with Crippen LogP contribution in [0.2, 0.25) is 0 Å². The molecule has 0 fully saturated rings. The van der Waals surface area contributed by atoms with Crippen LogP contribution < -0.4 is 0 Å². The quantitative estimate of drug-likeness (QED) is 0.342. The standard InChI is InChI=1S/C13H15BrO3S/c14-8-1-9-18-11-4-2-10(3-5-11)12(15)6-7-13(16)17/h2-5H,1,6-9H2,(H,16,17). The summed E-state index contributed by atoms with van der Waals surface area (Å²) >= 11 is 5.12. The zero-order valence-electron chi connectivity index (χ0n) is 9.89. The van der Waals surface area contributed by atoms with Gasteiger partial charge in [-0.05, 0) is 24.3 Å². The molecule has 0 heterocycles. The van der Waals surface area contributed by atoms with E-state index in [1.165, 1.54) is 0 Å². The van der Waals surface area contributed by atoms with Crippen LogP contribution in [0.15, 0.2) is 29.2 Å². The van der Waals surface area contributed by atoms with Gasteiger partial charge in [0.1, 0.15) is 0 Å². The highest BCUT2D eigenvalue weighted by molar-refractivity contribution is 9.09. The molecular formula is C13H15BrO3S. The third-order valence-electron chi connectivity index (χ3n) is 2.29. The number of alkyl halides is 1. The second kappa shape index (κ2) is 8.32. The number of halogens is 1. The lowest BCUT2D eigenvalue weighted by Crippen LogP contribution is -2.03. The van der Waals surface area contributed by atoms with Gasteiger partial charge in [0.05, 0.1) is 6.42 Å².